The Morgan fingerprint density at radius 3 is 2.48 bits per heavy atom. The number of rotatable bonds is 4. The number of hydrogen-bond donors (Lipinski definition) is 0. The Kier molecular flexibility index (Phi) is 5.27. The summed E-state index contributed by atoms with van der Waals surface area (Å²) in [5.41, 5.74) is 0.838. The van der Waals surface area contributed by atoms with Crippen molar-refractivity contribution in [2.45, 2.75) is 32.7 Å². The van der Waals surface area contributed by atoms with Gasteiger partial charge in [0.15, 0.2) is 0 Å². The maximum atomic E-state index is 12.7. The number of likely N-dealkylation sites (tertiary alicyclic amines) is 1. The van der Waals surface area contributed by atoms with E-state index in [4.69, 9.17) is 0 Å². The summed E-state index contributed by atoms with van der Waals surface area (Å²) in [6, 6.07) is 0. The SMILES string of the molecule is Cc1nc(CN2CCCCC2)sc1C(=O)N1CCN(C=O)CC1. The predicted octanol–water partition coefficient (Wildman–Crippen LogP) is 1.35. The van der Waals surface area contributed by atoms with Gasteiger partial charge in [0, 0.05) is 26.2 Å². The third-order valence-electron chi connectivity index (χ3n) is 4.59. The van der Waals surface area contributed by atoms with Gasteiger partial charge in [0.1, 0.15) is 9.88 Å². The van der Waals surface area contributed by atoms with Crippen molar-refractivity contribution in [1.82, 2.24) is 19.7 Å². The van der Waals surface area contributed by atoms with Crippen molar-refractivity contribution in [2.75, 3.05) is 39.3 Å². The summed E-state index contributed by atoms with van der Waals surface area (Å²) in [7, 11) is 0. The number of amides is 2. The predicted molar refractivity (Wildman–Crippen MR) is 89.5 cm³/mol. The minimum atomic E-state index is 0.0652. The van der Waals surface area contributed by atoms with E-state index in [9.17, 15) is 9.59 Å². The van der Waals surface area contributed by atoms with Gasteiger partial charge in [-0.1, -0.05) is 6.42 Å². The lowest BCUT2D eigenvalue weighted by atomic mass is 10.1. The van der Waals surface area contributed by atoms with E-state index in [1.54, 1.807) is 4.90 Å². The summed E-state index contributed by atoms with van der Waals surface area (Å²) in [5, 5.41) is 1.04. The lowest BCUT2D eigenvalue weighted by Crippen LogP contribution is -2.48. The lowest BCUT2D eigenvalue weighted by molar-refractivity contribution is -0.119. The van der Waals surface area contributed by atoms with Crippen LogP contribution in [0.2, 0.25) is 0 Å². The molecule has 126 valence electrons. The number of aromatic nitrogens is 1. The maximum absolute atomic E-state index is 12.7. The summed E-state index contributed by atoms with van der Waals surface area (Å²) in [6.07, 6.45) is 4.70. The molecule has 1 aromatic heterocycles. The van der Waals surface area contributed by atoms with Crippen LogP contribution in [0.4, 0.5) is 0 Å². The van der Waals surface area contributed by atoms with Gasteiger partial charge in [0.05, 0.1) is 12.2 Å². The number of thiazole rings is 1. The van der Waals surface area contributed by atoms with Gasteiger partial charge in [0.25, 0.3) is 5.91 Å². The number of aryl methyl sites for hydroxylation is 1. The van der Waals surface area contributed by atoms with Crippen LogP contribution in [0, 0.1) is 6.92 Å². The molecule has 2 aliphatic rings. The molecule has 3 rings (SSSR count). The van der Waals surface area contributed by atoms with Crippen LogP contribution < -0.4 is 0 Å². The van der Waals surface area contributed by atoms with Gasteiger partial charge in [-0.3, -0.25) is 14.5 Å². The fourth-order valence-corrected chi connectivity index (χ4v) is 4.28. The highest BCUT2D eigenvalue weighted by atomic mass is 32.1. The van der Waals surface area contributed by atoms with Gasteiger partial charge < -0.3 is 9.80 Å². The first-order valence-corrected chi connectivity index (χ1v) is 9.16. The first-order valence-electron chi connectivity index (χ1n) is 8.34. The zero-order valence-electron chi connectivity index (χ0n) is 13.7. The fraction of sp³-hybridized carbons (Fsp3) is 0.688. The molecule has 2 amide bonds. The molecule has 2 saturated heterocycles. The molecular weight excluding hydrogens is 312 g/mol. The highest BCUT2D eigenvalue weighted by Crippen LogP contribution is 2.23. The first kappa shape index (κ1) is 16.4. The number of piperidine rings is 1. The molecule has 1 aromatic rings. The third-order valence-corrected chi connectivity index (χ3v) is 5.72. The number of carbonyl (C=O) groups is 2. The Labute approximate surface area is 141 Å². The van der Waals surface area contributed by atoms with Crippen molar-refractivity contribution in [3.8, 4) is 0 Å². The monoisotopic (exact) mass is 336 g/mol. The van der Waals surface area contributed by atoms with Crippen LogP contribution in [0.15, 0.2) is 0 Å². The van der Waals surface area contributed by atoms with Gasteiger partial charge >= 0.3 is 0 Å². The van der Waals surface area contributed by atoms with E-state index in [0.29, 0.717) is 26.2 Å². The lowest BCUT2D eigenvalue weighted by Gasteiger charge is -2.32. The van der Waals surface area contributed by atoms with Crippen LogP contribution in [-0.4, -0.2) is 71.3 Å². The summed E-state index contributed by atoms with van der Waals surface area (Å²) < 4.78 is 0. The Bertz CT molecular complexity index is 560. The summed E-state index contributed by atoms with van der Waals surface area (Å²) in [6.45, 7) is 7.50. The van der Waals surface area contributed by atoms with Crippen molar-refractivity contribution < 1.29 is 9.59 Å². The average molecular weight is 336 g/mol. The standard InChI is InChI=1S/C16H24N4O2S/c1-13-15(16(22)20-9-7-19(12-21)8-10-20)23-14(17-13)11-18-5-3-2-4-6-18/h12H,2-11H2,1H3. The van der Waals surface area contributed by atoms with Crippen LogP contribution >= 0.6 is 11.3 Å². The molecule has 23 heavy (non-hydrogen) atoms. The Balaban J connectivity index is 1.63. The highest BCUT2D eigenvalue weighted by molar-refractivity contribution is 7.13. The third kappa shape index (κ3) is 3.90. The van der Waals surface area contributed by atoms with Crippen LogP contribution in [0.25, 0.3) is 0 Å². The Morgan fingerprint density at radius 1 is 1.13 bits per heavy atom. The largest absolute Gasteiger partial charge is 0.342 e. The molecule has 0 aliphatic carbocycles. The second-order valence-corrected chi connectivity index (χ2v) is 7.38. The highest BCUT2D eigenvalue weighted by Gasteiger charge is 2.25. The van der Waals surface area contributed by atoms with E-state index in [1.807, 2.05) is 11.8 Å². The molecule has 0 bridgehead atoms. The molecule has 7 heteroatoms. The molecule has 0 atom stereocenters. The van der Waals surface area contributed by atoms with Gasteiger partial charge in [0.2, 0.25) is 6.41 Å². The van der Waals surface area contributed by atoms with Gasteiger partial charge in [-0.25, -0.2) is 4.98 Å². The molecule has 0 unspecified atom stereocenters. The van der Waals surface area contributed by atoms with E-state index in [2.05, 4.69) is 9.88 Å². The summed E-state index contributed by atoms with van der Waals surface area (Å²) in [4.78, 5) is 34.8. The molecule has 0 spiro atoms. The van der Waals surface area contributed by atoms with Crippen molar-refractivity contribution >= 4 is 23.7 Å². The Morgan fingerprint density at radius 2 is 1.83 bits per heavy atom. The molecule has 0 N–H and O–H groups in total. The normalized spacial score (nSPS) is 19.9. The smallest absolute Gasteiger partial charge is 0.265 e. The molecule has 0 radical (unpaired) electrons. The molecule has 6 nitrogen and oxygen atoms in total. The summed E-state index contributed by atoms with van der Waals surface area (Å²) >= 11 is 1.53. The number of piperazine rings is 1. The zero-order chi connectivity index (χ0) is 16.2. The van der Waals surface area contributed by atoms with Gasteiger partial charge in [-0.05, 0) is 32.9 Å². The average Bonchev–Trinajstić information content (AvgIpc) is 2.95. The molecular formula is C16H24N4O2S. The van der Waals surface area contributed by atoms with E-state index in [1.165, 1.54) is 30.6 Å². The topological polar surface area (TPSA) is 56.8 Å². The van der Waals surface area contributed by atoms with Crippen LogP contribution in [0.3, 0.4) is 0 Å². The number of nitrogens with zero attached hydrogens (tertiary/aromatic N) is 4. The van der Waals surface area contributed by atoms with Crippen molar-refractivity contribution in [2.24, 2.45) is 0 Å². The summed E-state index contributed by atoms with van der Waals surface area (Å²) in [5.74, 6) is 0.0652. The fourth-order valence-electron chi connectivity index (χ4n) is 3.20. The van der Waals surface area contributed by atoms with Gasteiger partial charge in [-0.15, -0.1) is 11.3 Å². The molecule has 2 fully saturated rings. The van der Waals surface area contributed by atoms with Crippen LogP contribution in [0.5, 0.6) is 0 Å². The number of hydrogen-bond acceptors (Lipinski definition) is 5. The number of carbonyl (C=O) groups excluding carboxylic acids is 2. The molecule has 0 saturated carbocycles. The van der Waals surface area contributed by atoms with Crippen LogP contribution in [-0.2, 0) is 11.3 Å². The van der Waals surface area contributed by atoms with E-state index in [-0.39, 0.29) is 5.91 Å². The second-order valence-electron chi connectivity index (χ2n) is 6.29. The second kappa shape index (κ2) is 7.40. The molecule has 2 aliphatic heterocycles. The quantitative estimate of drug-likeness (QED) is 0.779. The maximum Gasteiger partial charge on any atom is 0.265 e. The zero-order valence-corrected chi connectivity index (χ0v) is 14.5. The van der Waals surface area contributed by atoms with E-state index < -0.39 is 0 Å². The van der Waals surface area contributed by atoms with Gasteiger partial charge in [-0.2, -0.15) is 0 Å². The first-order chi connectivity index (χ1) is 11.2. The van der Waals surface area contributed by atoms with Crippen molar-refractivity contribution in [1.29, 1.82) is 0 Å². The molecule has 3 heterocycles. The Hall–Kier alpha value is -1.47. The minimum absolute atomic E-state index is 0.0652. The minimum Gasteiger partial charge on any atom is -0.342 e. The van der Waals surface area contributed by atoms with E-state index in [0.717, 1.165) is 41.6 Å². The van der Waals surface area contributed by atoms with Crippen LogP contribution in [0.1, 0.15) is 39.6 Å². The van der Waals surface area contributed by atoms with E-state index >= 15 is 0 Å². The van der Waals surface area contributed by atoms with Crippen molar-refractivity contribution in [3.63, 3.8) is 0 Å². The van der Waals surface area contributed by atoms with Crippen molar-refractivity contribution in [3.05, 3.63) is 15.6 Å². The molecule has 0 aromatic carbocycles.